The third-order valence-corrected chi connectivity index (χ3v) is 3.19. The summed E-state index contributed by atoms with van der Waals surface area (Å²) in [5, 5.41) is 1.90. The number of alkyl halides is 3. The van der Waals surface area contributed by atoms with Crippen LogP contribution in [0.1, 0.15) is 17.4 Å². The Bertz CT molecular complexity index is 640. The van der Waals surface area contributed by atoms with Gasteiger partial charge in [-0.05, 0) is 19.1 Å². The normalized spacial score (nSPS) is 11.2. The van der Waals surface area contributed by atoms with Crippen molar-refractivity contribution >= 4 is 17.3 Å². The van der Waals surface area contributed by atoms with Crippen LogP contribution in [0.5, 0.6) is 5.75 Å². The van der Waals surface area contributed by atoms with Gasteiger partial charge in [-0.2, -0.15) is 0 Å². The molecule has 1 aromatic carbocycles. The molecule has 8 heteroatoms. The van der Waals surface area contributed by atoms with Crippen molar-refractivity contribution in [1.82, 2.24) is 4.98 Å². The van der Waals surface area contributed by atoms with Crippen molar-refractivity contribution in [3.05, 3.63) is 35.3 Å². The largest absolute Gasteiger partial charge is 0.573 e. The summed E-state index contributed by atoms with van der Waals surface area (Å²) in [4.78, 5) is 15.5. The lowest BCUT2D eigenvalue weighted by Gasteiger charge is -2.09. The Labute approximate surface area is 122 Å². The van der Waals surface area contributed by atoms with Gasteiger partial charge in [0.05, 0.1) is 6.61 Å². The topological polar surface area (TPSA) is 48.4 Å². The highest BCUT2D eigenvalue weighted by molar-refractivity contribution is 7.13. The highest BCUT2D eigenvalue weighted by Crippen LogP contribution is 2.29. The van der Waals surface area contributed by atoms with E-state index in [4.69, 9.17) is 4.74 Å². The minimum absolute atomic E-state index is 0.124. The van der Waals surface area contributed by atoms with E-state index in [0.29, 0.717) is 10.6 Å². The van der Waals surface area contributed by atoms with Gasteiger partial charge in [0.15, 0.2) is 5.69 Å². The van der Waals surface area contributed by atoms with E-state index in [1.165, 1.54) is 23.6 Å². The van der Waals surface area contributed by atoms with Crippen LogP contribution in [-0.4, -0.2) is 23.9 Å². The van der Waals surface area contributed by atoms with Gasteiger partial charge in [-0.25, -0.2) is 9.78 Å². The fourth-order valence-corrected chi connectivity index (χ4v) is 2.32. The lowest BCUT2D eigenvalue weighted by molar-refractivity contribution is -0.274. The molecular formula is C13H10F3NO3S. The summed E-state index contributed by atoms with van der Waals surface area (Å²) >= 11 is 1.13. The summed E-state index contributed by atoms with van der Waals surface area (Å²) in [5.74, 6) is -0.907. The number of nitrogens with zero attached hydrogens (tertiary/aromatic N) is 1. The van der Waals surface area contributed by atoms with Crippen molar-refractivity contribution in [1.29, 1.82) is 0 Å². The maximum atomic E-state index is 12.2. The van der Waals surface area contributed by atoms with E-state index in [-0.39, 0.29) is 18.1 Å². The Morgan fingerprint density at radius 1 is 1.38 bits per heavy atom. The minimum Gasteiger partial charge on any atom is -0.461 e. The smallest absolute Gasteiger partial charge is 0.461 e. The van der Waals surface area contributed by atoms with Crippen LogP contribution >= 0.6 is 11.3 Å². The zero-order chi connectivity index (χ0) is 15.5. The number of halogens is 3. The lowest BCUT2D eigenvalue weighted by Crippen LogP contribution is -2.17. The predicted molar refractivity (Wildman–Crippen MR) is 70.2 cm³/mol. The zero-order valence-electron chi connectivity index (χ0n) is 10.8. The Morgan fingerprint density at radius 2 is 2.14 bits per heavy atom. The lowest BCUT2D eigenvalue weighted by atomic mass is 10.2. The number of carbonyl (C=O) groups is 1. The van der Waals surface area contributed by atoms with Crippen molar-refractivity contribution in [2.75, 3.05) is 6.61 Å². The molecule has 0 saturated carbocycles. The second-order valence-electron chi connectivity index (χ2n) is 3.83. The summed E-state index contributed by atoms with van der Waals surface area (Å²) in [5.41, 5.74) is 0.552. The summed E-state index contributed by atoms with van der Waals surface area (Å²) < 4.78 is 45.2. The molecule has 0 aliphatic rings. The molecule has 0 aliphatic carbocycles. The standard InChI is InChI=1S/C13H10F3NO3S/c1-2-19-12(18)10-7-21-11(17-10)8-4-3-5-9(6-8)20-13(14,15)16/h3-7H,2H2,1H3. The van der Waals surface area contributed by atoms with E-state index >= 15 is 0 Å². The molecule has 0 bridgehead atoms. The van der Waals surface area contributed by atoms with Gasteiger partial charge in [-0.15, -0.1) is 24.5 Å². The molecule has 0 saturated heterocycles. The van der Waals surface area contributed by atoms with Gasteiger partial charge in [0.1, 0.15) is 10.8 Å². The first-order chi connectivity index (χ1) is 9.89. The van der Waals surface area contributed by atoms with Crippen LogP contribution in [-0.2, 0) is 4.74 Å². The Morgan fingerprint density at radius 3 is 2.81 bits per heavy atom. The molecule has 2 aromatic rings. The van der Waals surface area contributed by atoms with Crippen LogP contribution in [0.2, 0.25) is 0 Å². The van der Waals surface area contributed by atoms with Crippen molar-refractivity contribution in [3.63, 3.8) is 0 Å². The van der Waals surface area contributed by atoms with Gasteiger partial charge in [0.25, 0.3) is 0 Å². The number of thiazole rings is 1. The number of esters is 1. The number of ether oxygens (including phenoxy) is 2. The molecule has 21 heavy (non-hydrogen) atoms. The molecule has 0 N–H and O–H groups in total. The molecule has 0 fully saturated rings. The third-order valence-electron chi connectivity index (χ3n) is 2.30. The van der Waals surface area contributed by atoms with Crippen LogP contribution in [0.25, 0.3) is 10.6 Å². The average molecular weight is 317 g/mol. The highest BCUT2D eigenvalue weighted by atomic mass is 32.1. The molecule has 0 radical (unpaired) electrons. The van der Waals surface area contributed by atoms with E-state index in [9.17, 15) is 18.0 Å². The van der Waals surface area contributed by atoms with E-state index in [1.54, 1.807) is 13.0 Å². The van der Waals surface area contributed by atoms with Gasteiger partial charge >= 0.3 is 12.3 Å². The summed E-state index contributed by atoms with van der Waals surface area (Å²) in [6.45, 7) is 1.89. The van der Waals surface area contributed by atoms with E-state index < -0.39 is 12.3 Å². The number of benzene rings is 1. The van der Waals surface area contributed by atoms with Crippen LogP contribution in [0.15, 0.2) is 29.6 Å². The Kier molecular flexibility index (Phi) is 4.46. The second-order valence-corrected chi connectivity index (χ2v) is 4.69. The molecule has 0 amide bonds. The molecule has 0 aliphatic heterocycles. The van der Waals surface area contributed by atoms with Crippen LogP contribution in [0.3, 0.4) is 0 Å². The van der Waals surface area contributed by atoms with Crippen molar-refractivity contribution in [2.24, 2.45) is 0 Å². The first-order valence-corrected chi connectivity index (χ1v) is 6.76. The van der Waals surface area contributed by atoms with Crippen molar-refractivity contribution in [2.45, 2.75) is 13.3 Å². The second kappa shape index (κ2) is 6.13. The van der Waals surface area contributed by atoms with Crippen LogP contribution < -0.4 is 4.74 Å². The summed E-state index contributed by atoms with van der Waals surface area (Å²) in [7, 11) is 0. The fourth-order valence-electron chi connectivity index (χ4n) is 1.53. The number of hydrogen-bond acceptors (Lipinski definition) is 5. The molecular weight excluding hydrogens is 307 g/mol. The van der Waals surface area contributed by atoms with E-state index in [1.807, 2.05) is 0 Å². The molecule has 0 atom stereocenters. The fraction of sp³-hybridized carbons (Fsp3) is 0.231. The molecule has 1 aromatic heterocycles. The first kappa shape index (κ1) is 15.3. The zero-order valence-corrected chi connectivity index (χ0v) is 11.6. The average Bonchev–Trinajstić information content (AvgIpc) is 2.87. The van der Waals surface area contributed by atoms with E-state index in [0.717, 1.165) is 11.3 Å². The van der Waals surface area contributed by atoms with Gasteiger partial charge in [-0.3, -0.25) is 0 Å². The number of rotatable bonds is 4. The molecule has 0 unspecified atom stereocenters. The molecule has 112 valence electrons. The molecule has 1 heterocycles. The van der Waals surface area contributed by atoms with Gasteiger partial charge in [0, 0.05) is 10.9 Å². The van der Waals surface area contributed by atoms with E-state index in [2.05, 4.69) is 9.72 Å². The van der Waals surface area contributed by atoms with Crippen molar-refractivity contribution < 1.29 is 27.4 Å². The van der Waals surface area contributed by atoms with Crippen molar-refractivity contribution in [3.8, 4) is 16.3 Å². The van der Waals surface area contributed by atoms with Gasteiger partial charge in [0.2, 0.25) is 0 Å². The van der Waals surface area contributed by atoms with Gasteiger partial charge < -0.3 is 9.47 Å². The Hall–Kier alpha value is -2.09. The van der Waals surface area contributed by atoms with Crippen LogP contribution in [0.4, 0.5) is 13.2 Å². The van der Waals surface area contributed by atoms with Crippen LogP contribution in [0, 0.1) is 0 Å². The molecule has 4 nitrogen and oxygen atoms in total. The maximum Gasteiger partial charge on any atom is 0.573 e. The Balaban J connectivity index is 2.22. The molecule has 2 rings (SSSR count). The quantitative estimate of drug-likeness (QED) is 0.803. The number of carbonyl (C=O) groups excluding carboxylic acids is 1. The monoisotopic (exact) mass is 317 g/mol. The SMILES string of the molecule is CCOC(=O)c1csc(-c2cccc(OC(F)(F)F)c2)n1. The molecule has 0 spiro atoms. The van der Waals surface area contributed by atoms with Gasteiger partial charge in [-0.1, -0.05) is 12.1 Å². The minimum atomic E-state index is -4.75. The highest BCUT2D eigenvalue weighted by Gasteiger charge is 2.31. The number of aromatic nitrogens is 1. The summed E-state index contributed by atoms with van der Waals surface area (Å²) in [6.07, 6.45) is -4.75. The first-order valence-electron chi connectivity index (χ1n) is 5.88. The number of hydrogen-bond donors (Lipinski definition) is 0. The third kappa shape index (κ3) is 4.19. The predicted octanol–water partition coefficient (Wildman–Crippen LogP) is 3.89. The summed E-state index contributed by atoms with van der Waals surface area (Å²) in [6, 6.07) is 5.40. The maximum absolute atomic E-state index is 12.2.